The van der Waals surface area contributed by atoms with Gasteiger partial charge in [-0.2, -0.15) is 0 Å². The van der Waals surface area contributed by atoms with E-state index in [4.69, 9.17) is 12.3 Å². The molecule has 0 aliphatic carbocycles. The summed E-state index contributed by atoms with van der Waals surface area (Å²) in [6.45, 7) is 0. The molecule has 0 aromatic rings. The van der Waals surface area contributed by atoms with Crippen LogP contribution in [0.15, 0.2) is 0 Å². The summed E-state index contributed by atoms with van der Waals surface area (Å²) in [4.78, 5) is 0. The number of rotatable bonds is 3. The van der Waals surface area contributed by atoms with Crippen molar-refractivity contribution < 1.29 is 8.42 Å². The Morgan fingerprint density at radius 1 is 1.69 bits per heavy atom. The minimum absolute atomic E-state index is 0.169. The third-order valence-corrected chi connectivity index (χ3v) is 4.14. The molecular formula is C8H14N2O2S. The van der Waals surface area contributed by atoms with E-state index < -0.39 is 9.84 Å². The molecule has 1 aliphatic heterocycles. The monoisotopic (exact) mass is 202 g/mol. The van der Waals surface area contributed by atoms with Crippen LogP contribution in [0.5, 0.6) is 0 Å². The summed E-state index contributed by atoms with van der Waals surface area (Å²) < 4.78 is 22.2. The van der Waals surface area contributed by atoms with Crippen LogP contribution in [-0.2, 0) is 9.84 Å². The van der Waals surface area contributed by atoms with Crippen molar-refractivity contribution in [1.82, 2.24) is 5.43 Å². The standard InChI is InChI=1S/C8H14N2O2S/c1-2-8(10-9)5-7-3-4-13(11,12)6-7/h1,7-8,10H,3-6,9H2. The quantitative estimate of drug-likeness (QED) is 0.360. The normalized spacial score (nSPS) is 28.2. The van der Waals surface area contributed by atoms with Crippen LogP contribution in [0.3, 0.4) is 0 Å². The molecule has 0 spiro atoms. The zero-order valence-electron chi connectivity index (χ0n) is 7.36. The van der Waals surface area contributed by atoms with Crippen molar-refractivity contribution >= 4 is 9.84 Å². The van der Waals surface area contributed by atoms with Crippen LogP contribution in [0.2, 0.25) is 0 Å². The minimum Gasteiger partial charge on any atom is -0.270 e. The molecule has 0 amide bonds. The molecule has 4 nitrogen and oxygen atoms in total. The predicted molar refractivity (Wildman–Crippen MR) is 51.3 cm³/mol. The molecule has 3 N–H and O–H groups in total. The second-order valence-electron chi connectivity index (χ2n) is 3.39. The highest BCUT2D eigenvalue weighted by atomic mass is 32.2. The van der Waals surface area contributed by atoms with Crippen molar-refractivity contribution in [2.24, 2.45) is 11.8 Å². The molecule has 1 fully saturated rings. The van der Waals surface area contributed by atoms with Crippen molar-refractivity contribution in [3.05, 3.63) is 0 Å². The number of hydrogen-bond donors (Lipinski definition) is 2. The Hall–Kier alpha value is -0.570. The minimum atomic E-state index is -2.79. The van der Waals surface area contributed by atoms with Crippen molar-refractivity contribution in [3.8, 4) is 12.3 Å². The summed E-state index contributed by atoms with van der Waals surface area (Å²) in [5.41, 5.74) is 2.48. The van der Waals surface area contributed by atoms with Crippen molar-refractivity contribution in [2.75, 3.05) is 11.5 Å². The molecule has 5 heteroatoms. The average molecular weight is 202 g/mol. The number of hydrogen-bond acceptors (Lipinski definition) is 4. The predicted octanol–water partition coefficient (Wildman–Crippen LogP) is -0.724. The van der Waals surface area contributed by atoms with Gasteiger partial charge in [-0.05, 0) is 18.8 Å². The van der Waals surface area contributed by atoms with Crippen LogP contribution < -0.4 is 11.3 Å². The van der Waals surface area contributed by atoms with Gasteiger partial charge in [-0.15, -0.1) is 6.42 Å². The molecule has 13 heavy (non-hydrogen) atoms. The summed E-state index contributed by atoms with van der Waals surface area (Å²) >= 11 is 0. The first-order valence-corrected chi connectivity index (χ1v) is 6.02. The molecule has 1 saturated heterocycles. The van der Waals surface area contributed by atoms with Gasteiger partial charge in [0.15, 0.2) is 9.84 Å². The highest BCUT2D eigenvalue weighted by Crippen LogP contribution is 2.22. The first-order chi connectivity index (χ1) is 6.07. The van der Waals surface area contributed by atoms with Gasteiger partial charge >= 0.3 is 0 Å². The van der Waals surface area contributed by atoms with Gasteiger partial charge < -0.3 is 0 Å². The van der Waals surface area contributed by atoms with E-state index in [0.717, 1.165) is 0 Å². The molecule has 1 rings (SSSR count). The van der Waals surface area contributed by atoms with E-state index >= 15 is 0 Å². The summed E-state index contributed by atoms with van der Waals surface area (Å²) in [5.74, 6) is 8.38. The molecule has 0 saturated carbocycles. The molecule has 1 heterocycles. The van der Waals surface area contributed by atoms with Gasteiger partial charge in [0.05, 0.1) is 17.5 Å². The van der Waals surface area contributed by atoms with E-state index in [1.807, 2.05) is 0 Å². The molecular weight excluding hydrogens is 188 g/mol. The molecule has 1 aliphatic rings. The van der Waals surface area contributed by atoms with Crippen LogP contribution in [0.25, 0.3) is 0 Å². The van der Waals surface area contributed by atoms with Crippen molar-refractivity contribution in [2.45, 2.75) is 18.9 Å². The van der Waals surface area contributed by atoms with Gasteiger partial charge in [-0.3, -0.25) is 5.84 Å². The van der Waals surface area contributed by atoms with E-state index in [1.165, 1.54) is 0 Å². The van der Waals surface area contributed by atoms with Gasteiger partial charge in [-0.1, -0.05) is 5.92 Å². The van der Waals surface area contributed by atoms with Crippen molar-refractivity contribution in [1.29, 1.82) is 0 Å². The van der Waals surface area contributed by atoms with Crippen molar-refractivity contribution in [3.63, 3.8) is 0 Å². The number of nitrogens with one attached hydrogen (secondary N) is 1. The third-order valence-electron chi connectivity index (χ3n) is 2.30. The lowest BCUT2D eigenvalue weighted by atomic mass is 10.0. The van der Waals surface area contributed by atoms with Gasteiger partial charge in [0.25, 0.3) is 0 Å². The Labute approximate surface area is 78.8 Å². The Morgan fingerprint density at radius 3 is 2.77 bits per heavy atom. The van der Waals surface area contributed by atoms with Crippen LogP contribution in [0.4, 0.5) is 0 Å². The molecule has 2 atom stereocenters. The fraction of sp³-hybridized carbons (Fsp3) is 0.750. The number of sulfone groups is 1. The topological polar surface area (TPSA) is 72.2 Å². The van der Waals surface area contributed by atoms with Crippen LogP contribution in [0, 0.1) is 18.3 Å². The maximum absolute atomic E-state index is 11.1. The SMILES string of the molecule is C#CC(CC1CCS(=O)(=O)C1)NN. The maximum atomic E-state index is 11.1. The van der Waals surface area contributed by atoms with E-state index in [1.54, 1.807) is 0 Å². The smallest absolute Gasteiger partial charge is 0.150 e. The van der Waals surface area contributed by atoms with Crippen LogP contribution >= 0.6 is 0 Å². The Bertz CT molecular complexity index is 305. The molecule has 0 bridgehead atoms. The van der Waals surface area contributed by atoms with Gasteiger partial charge in [0.2, 0.25) is 0 Å². The highest BCUT2D eigenvalue weighted by molar-refractivity contribution is 7.91. The Balaban J connectivity index is 2.45. The van der Waals surface area contributed by atoms with Gasteiger partial charge in [-0.25, -0.2) is 13.8 Å². The van der Waals surface area contributed by atoms with E-state index in [2.05, 4.69) is 11.3 Å². The second kappa shape index (κ2) is 4.09. The maximum Gasteiger partial charge on any atom is 0.150 e. The van der Waals surface area contributed by atoms with Crippen LogP contribution in [-0.4, -0.2) is 26.0 Å². The number of nitrogens with two attached hydrogens (primary N) is 1. The third kappa shape index (κ3) is 2.99. The zero-order valence-corrected chi connectivity index (χ0v) is 8.18. The van der Waals surface area contributed by atoms with E-state index in [-0.39, 0.29) is 17.7 Å². The average Bonchev–Trinajstić information content (AvgIpc) is 2.41. The summed E-state index contributed by atoms with van der Waals surface area (Å²) in [6, 6.07) is -0.210. The fourth-order valence-electron chi connectivity index (χ4n) is 1.58. The molecule has 0 radical (unpaired) electrons. The largest absolute Gasteiger partial charge is 0.270 e. The molecule has 0 aromatic heterocycles. The van der Waals surface area contributed by atoms with E-state index in [0.29, 0.717) is 18.6 Å². The molecule has 74 valence electrons. The van der Waals surface area contributed by atoms with Crippen LogP contribution in [0.1, 0.15) is 12.8 Å². The molecule has 2 unspecified atom stereocenters. The number of terminal acetylenes is 1. The molecule has 0 aromatic carbocycles. The first-order valence-electron chi connectivity index (χ1n) is 4.20. The zero-order chi connectivity index (χ0) is 9.90. The lowest BCUT2D eigenvalue weighted by molar-refractivity contribution is 0.468. The Kier molecular flexibility index (Phi) is 3.31. The Morgan fingerprint density at radius 2 is 2.38 bits per heavy atom. The lowest BCUT2D eigenvalue weighted by Gasteiger charge is -2.12. The first kappa shape index (κ1) is 10.5. The lowest BCUT2D eigenvalue weighted by Crippen LogP contribution is -2.35. The highest BCUT2D eigenvalue weighted by Gasteiger charge is 2.28. The number of hydrazine groups is 1. The van der Waals surface area contributed by atoms with E-state index in [9.17, 15) is 8.42 Å². The summed E-state index contributed by atoms with van der Waals surface area (Å²) in [6.07, 6.45) is 6.54. The fourth-order valence-corrected chi connectivity index (χ4v) is 3.46. The summed E-state index contributed by atoms with van der Waals surface area (Å²) in [7, 11) is -2.79. The van der Waals surface area contributed by atoms with Gasteiger partial charge in [0.1, 0.15) is 0 Å². The summed E-state index contributed by atoms with van der Waals surface area (Å²) in [5, 5.41) is 0. The second-order valence-corrected chi connectivity index (χ2v) is 5.62. The van der Waals surface area contributed by atoms with Gasteiger partial charge in [0, 0.05) is 0 Å².